The molecule has 0 radical (unpaired) electrons. The maximum atomic E-state index is 13.2. The van der Waals surface area contributed by atoms with Crippen molar-refractivity contribution in [2.24, 2.45) is 0 Å². The lowest BCUT2D eigenvalue weighted by Crippen LogP contribution is -2.30. The van der Waals surface area contributed by atoms with Crippen molar-refractivity contribution in [2.45, 2.75) is 19.8 Å². The Morgan fingerprint density at radius 3 is 2.69 bits per heavy atom. The van der Waals surface area contributed by atoms with E-state index in [2.05, 4.69) is 11.1 Å². The predicted octanol–water partition coefficient (Wildman–Crippen LogP) is 5.05. The second-order valence-corrected chi connectivity index (χ2v) is 7.79. The molecule has 0 saturated carbocycles. The van der Waals surface area contributed by atoms with Crippen LogP contribution in [0.2, 0.25) is 0 Å². The Morgan fingerprint density at radius 2 is 1.97 bits per heavy atom. The molecular weight excluding hydrogens is 405 g/mol. The normalized spacial score (nSPS) is 14.3. The number of carbonyl (C=O) groups is 1. The highest BCUT2D eigenvalue weighted by Gasteiger charge is 2.15. The number of nitrogens with zero attached hydrogens (tertiary/aromatic N) is 3. The standard InChI is InChI=1S/C26H26FN3O2/c1-19-17-30(18-28-19)24-11-5-20(16-25(24)32-2)6-12-26(31)29-14-3-4-21(13-15-29)22-7-9-23(27)10-8-22/h4-12,16-18H,3,13-15H2,1-2H3. The van der Waals surface area contributed by atoms with Gasteiger partial charge in [0.25, 0.3) is 0 Å². The highest BCUT2D eigenvalue weighted by molar-refractivity contribution is 5.92. The summed E-state index contributed by atoms with van der Waals surface area (Å²) in [6.07, 6.45) is 10.8. The molecule has 6 heteroatoms. The van der Waals surface area contributed by atoms with E-state index in [0.717, 1.165) is 40.9 Å². The Kier molecular flexibility index (Phi) is 6.50. The van der Waals surface area contributed by atoms with Crippen LogP contribution >= 0.6 is 0 Å². The van der Waals surface area contributed by atoms with E-state index in [4.69, 9.17) is 4.74 Å². The molecule has 0 spiro atoms. The number of hydrogen-bond donors (Lipinski definition) is 0. The first kappa shape index (κ1) is 21.6. The van der Waals surface area contributed by atoms with Gasteiger partial charge in [-0.05, 0) is 66.8 Å². The topological polar surface area (TPSA) is 47.4 Å². The van der Waals surface area contributed by atoms with Crippen LogP contribution in [0, 0.1) is 12.7 Å². The Bertz CT molecular complexity index is 1160. The predicted molar refractivity (Wildman–Crippen MR) is 124 cm³/mol. The minimum absolute atomic E-state index is 0.0213. The van der Waals surface area contributed by atoms with Crippen LogP contribution in [0.1, 0.15) is 29.7 Å². The van der Waals surface area contributed by atoms with Gasteiger partial charge in [0.2, 0.25) is 5.91 Å². The van der Waals surface area contributed by atoms with Gasteiger partial charge < -0.3 is 14.2 Å². The quantitative estimate of drug-likeness (QED) is 0.531. The van der Waals surface area contributed by atoms with Gasteiger partial charge >= 0.3 is 0 Å². The number of halogens is 1. The van der Waals surface area contributed by atoms with Crippen molar-refractivity contribution in [3.8, 4) is 11.4 Å². The monoisotopic (exact) mass is 431 g/mol. The fraction of sp³-hybridized carbons (Fsp3) is 0.231. The first-order valence-corrected chi connectivity index (χ1v) is 10.6. The lowest BCUT2D eigenvalue weighted by Gasteiger charge is -2.18. The summed E-state index contributed by atoms with van der Waals surface area (Å²) in [6.45, 7) is 3.23. The second kappa shape index (κ2) is 9.64. The van der Waals surface area contributed by atoms with Crippen LogP contribution in [0.15, 0.2) is 67.1 Å². The van der Waals surface area contributed by atoms with E-state index in [1.54, 1.807) is 31.6 Å². The van der Waals surface area contributed by atoms with Crippen LogP contribution in [0.4, 0.5) is 4.39 Å². The molecule has 0 saturated heterocycles. The third kappa shape index (κ3) is 4.97. The smallest absolute Gasteiger partial charge is 0.246 e. The van der Waals surface area contributed by atoms with Gasteiger partial charge in [0.15, 0.2) is 0 Å². The molecule has 3 aromatic rings. The lowest BCUT2D eigenvalue weighted by atomic mass is 10.0. The summed E-state index contributed by atoms with van der Waals surface area (Å²) in [5, 5.41) is 0. The van der Waals surface area contributed by atoms with E-state index >= 15 is 0 Å². The molecular formula is C26H26FN3O2. The maximum Gasteiger partial charge on any atom is 0.246 e. The number of benzene rings is 2. The van der Waals surface area contributed by atoms with E-state index in [-0.39, 0.29) is 11.7 Å². The largest absolute Gasteiger partial charge is 0.495 e. The van der Waals surface area contributed by atoms with Gasteiger partial charge in [-0.2, -0.15) is 0 Å². The Balaban J connectivity index is 1.41. The summed E-state index contributed by atoms with van der Waals surface area (Å²) >= 11 is 0. The molecule has 4 rings (SSSR count). The molecule has 164 valence electrons. The minimum atomic E-state index is -0.241. The highest BCUT2D eigenvalue weighted by atomic mass is 19.1. The summed E-state index contributed by atoms with van der Waals surface area (Å²) in [5.74, 6) is 0.446. The minimum Gasteiger partial charge on any atom is -0.495 e. The maximum absolute atomic E-state index is 13.2. The molecule has 0 N–H and O–H groups in total. The van der Waals surface area contributed by atoms with Crippen molar-refractivity contribution < 1.29 is 13.9 Å². The van der Waals surface area contributed by atoms with Crippen molar-refractivity contribution >= 4 is 17.6 Å². The van der Waals surface area contributed by atoms with E-state index < -0.39 is 0 Å². The molecule has 0 atom stereocenters. The van der Waals surface area contributed by atoms with Gasteiger partial charge in [-0.1, -0.05) is 24.3 Å². The van der Waals surface area contributed by atoms with Crippen LogP contribution in [-0.4, -0.2) is 40.6 Å². The number of hydrogen-bond acceptors (Lipinski definition) is 3. The zero-order valence-corrected chi connectivity index (χ0v) is 18.3. The highest BCUT2D eigenvalue weighted by Crippen LogP contribution is 2.26. The summed E-state index contributed by atoms with van der Waals surface area (Å²) in [7, 11) is 1.63. The van der Waals surface area contributed by atoms with Crippen LogP contribution in [0.25, 0.3) is 17.3 Å². The molecule has 1 amide bonds. The van der Waals surface area contributed by atoms with Crippen molar-refractivity contribution in [2.75, 3.05) is 20.2 Å². The van der Waals surface area contributed by atoms with Crippen molar-refractivity contribution in [1.29, 1.82) is 0 Å². The summed E-state index contributed by atoms with van der Waals surface area (Å²) < 4.78 is 20.6. The number of methoxy groups -OCH3 is 1. The van der Waals surface area contributed by atoms with Crippen molar-refractivity contribution in [3.63, 3.8) is 0 Å². The van der Waals surface area contributed by atoms with Crippen LogP contribution in [0.3, 0.4) is 0 Å². The Labute approximate surface area is 187 Å². The third-order valence-electron chi connectivity index (χ3n) is 5.58. The van der Waals surface area contributed by atoms with E-state index in [9.17, 15) is 9.18 Å². The lowest BCUT2D eigenvalue weighted by molar-refractivity contribution is -0.125. The van der Waals surface area contributed by atoms with Gasteiger partial charge in [-0.25, -0.2) is 9.37 Å². The fourth-order valence-electron chi connectivity index (χ4n) is 3.85. The molecule has 2 heterocycles. The van der Waals surface area contributed by atoms with E-state index in [1.807, 2.05) is 46.9 Å². The molecule has 1 aromatic heterocycles. The number of carbonyl (C=O) groups excluding carboxylic acids is 1. The van der Waals surface area contributed by atoms with Gasteiger partial charge in [0.05, 0.1) is 24.8 Å². The van der Waals surface area contributed by atoms with Gasteiger partial charge in [-0.15, -0.1) is 0 Å². The summed E-state index contributed by atoms with van der Waals surface area (Å²) in [5.41, 5.74) is 4.87. The van der Waals surface area contributed by atoms with Gasteiger partial charge in [-0.3, -0.25) is 4.79 Å². The first-order valence-electron chi connectivity index (χ1n) is 10.6. The number of imidazole rings is 1. The summed E-state index contributed by atoms with van der Waals surface area (Å²) in [4.78, 5) is 18.9. The van der Waals surface area contributed by atoms with Crippen LogP contribution in [-0.2, 0) is 4.79 Å². The van der Waals surface area contributed by atoms with Crippen LogP contribution < -0.4 is 4.74 Å². The first-order chi connectivity index (χ1) is 15.5. The molecule has 5 nitrogen and oxygen atoms in total. The number of rotatable bonds is 5. The SMILES string of the molecule is COc1cc(C=CC(=O)N2CCC=C(c3ccc(F)cc3)CC2)ccc1-n1cnc(C)c1. The van der Waals surface area contributed by atoms with Crippen LogP contribution in [0.5, 0.6) is 5.75 Å². The molecule has 0 unspecified atom stereocenters. The molecule has 1 aliphatic rings. The molecule has 0 aliphatic carbocycles. The zero-order valence-electron chi connectivity index (χ0n) is 18.3. The number of aryl methyl sites for hydroxylation is 1. The van der Waals surface area contributed by atoms with E-state index in [0.29, 0.717) is 18.8 Å². The van der Waals surface area contributed by atoms with Crippen molar-refractivity contribution in [1.82, 2.24) is 14.5 Å². The second-order valence-electron chi connectivity index (χ2n) is 7.79. The molecule has 0 fully saturated rings. The third-order valence-corrected chi connectivity index (χ3v) is 5.58. The average molecular weight is 432 g/mol. The van der Waals surface area contributed by atoms with E-state index in [1.165, 1.54) is 12.1 Å². The fourth-order valence-corrected chi connectivity index (χ4v) is 3.85. The summed E-state index contributed by atoms with van der Waals surface area (Å²) in [6, 6.07) is 12.3. The van der Waals surface area contributed by atoms with Crippen molar-refractivity contribution in [3.05, 3.63) is 89.8 Å². The molecule has 32 heavy (non-hydrogen) atoms. The number of amides is 1. The molecule has 1 aliphatic heterocycles. The molecule has 2 aromatic carbocycles. The average Bonchev–Trinajstić information content (AvgIpc) is 3.09. The Morgan fingerprint density at radius 1 is 1.16 bits per heavy atom. The number of ether oxygens (including phenoxy) is 1. The van der Waals surface area contributed by atoms with Gasteiger partial charge in [0, 0.05) is 25.4 Å². The zero-order chi connectivity index (χ0) is 22.5. The molecule has 0 bridgehead atoms. The number of aromatic nitrogens is 2. The Hall–Kier alpha value is -3.67. The van der Waals surface area contributed by atoms with Gasteiger partial charge in [0.1, 0.15) is 11.6 Å².